The SMILES string of the molecule is COc1cc(OC)c2c(c1Cl)OC1(C(=O)C3=C(CC1C)Nc1c(c(=O)n(C)c(=O)n1C)C3c1ccc(SC)cc1)C2=O. The number of ketones is 2. The molecule has 218 valence electrons. The van der Waals surface area contributed by atoms with E-state index in [1.165, 1.54) is 31.9 Å². The van der Waals surface area contributed by atoms with Gasteiger partial charge in [-0.05, 0) is 30.4 Å². The van der Waals surface area contributed by atoms with E-state index in [1.807, 2.05) is 30.5 Å². The summed E-state index contributed by atoms with van der Waals surface area (Å²) in [6, 6.07) is 9.02. The van der Waals surface area contributed by atoms with Gasteiger partial charge < -0.3 is 19.5 Å². The summed E-state index contributed by atoms with van der Waals surface area (Å²) >= 11 is 8.16. The number of hydrogen-bond acceptors (Lipinski definition) is 9. The first kappa shape index (κ1) is 28.2. The van der Waals surface area contributed by atoms with Gasteiger partial charge >= 0.3 is 5.69 Å². The van der Waals surface area contributed by atoms with Crippen LogP contribution in [-0.4, -0.2) is 46.8 Å². The molecule has 3 unspecified atom stereocenters. The summed E-state index contributed by atoms with van der Waals surface area (Å²) in [5.74, 6) is -1.93. The van der Waals surface area contributed by atoms with Crippen molar-refractivity contribution in [3.63, 3.8) is 0 Å². The fourth-order valence-electron chi connectivity index (χ4n) is 6.32. The molecule has 3 atom stereocenters. The molecule has 0 bridgehead atoms. The standard InChI is InChI=1S/C30H28ClN3O7S/c1-13-11-16-20(25(35)30(13)26(36)21-17(39-4)12-18(40-5)23(31)24(21)41-30)19(14-7-9-15(42-6)10-8-14)22-27(32-16)33(2)29(38)34(3)28(22)37/h7-10,12-13,19,32H,11H2,1-6H3. The Hall–Kier alpha value is -3.96. The summed E-state index contributed by atoms with van der Waals surface area (Å²) in [6.07, 6.45) is 2.17. The third kappa shape index (κ3) is 3.59. The van der Waals surface area contributed by atoms with Gasteiger partial charge in [0.2, 0.25) is 17.2 Å². The predicted molar refractivity (Wildman–Crippen MR) is 159 cm³/mol. The highest BCUT2D eigenvalue weighted by molar-refractivity contribution is 7.98. The Morgan fingerprint density at radius 2 is 1.69 bits per heavy atom. The molecule has 1 aliphatic carbocycles. The number of halogens is 1. The fourth-order valence-corrected chi connectivity index (χ4v) is 6.99. The van der Waals surface area contributed by atoms with Crippen LogP contribution in [0.1, 0.15) is 40.7 Å². The highest BCUT2D eigenvalue weighted by Gasteiger charge is 2.63. The molecule has 1 spiro atoms. The van der Waals surface area contributed by atoms with Crippen LogP contribution < -0.4 is 30.8 Å². The van der Waals surface area contributed by atoms with E-state index in [1.54, 1.807) is 25.7 Å². The number of fused-ring (bicyclic) bond motifs is 2. The molecule has 6 rings (SSSR count). The van der Waals surface area contributed by atoms with Crippen molar-refractivity contribution in [2.24, 2.45) is 20.0 Å². The van der Waals surface area contributed by atoms with Crippen LogP contribution in [0.3, 0.4) is 0 Å². The lowest BCUT2D eigenvalue weighted by molar-refractivity contribution is -0.130. The molecule has 2 aromatic carbocycles. The van der Waals surface area contributed by atoms with Gasteiger partial charge in [0.15, 0.2) is 5.75 Å². The first-order chi connectivity index (χ1) is 20.0. The quantitative estimate of drug-likeness (QED) is 0.347. The first-order valence-corrected chi connectivity index (χ1v) is 14.8. The number of carbonyl (C=O) groups is 2. The van der Waals surface area contributed by atoms with Crippen molar-refractivity contribution in [2.45, 2.75) is 29.8 Å². The van der Waals surface area contributed by atoms with Crippen LogP contribution in [0.4, 0.5) is 5.82 Å². The largest absolute Gasteiger partial charge is 0.496 e. The summed E-state index contributed by atoms with van der Waals surface area (Å²) in [6.45, 7) is 1.76. The zero-order valence-corrected chi connectivity index (χ0v) is 25.4. The number of nitrogens with zero attached hydrogens (tertiary/aromatic N) is 2. The van der Waals surface area contributed by atoms with Gasteiger partial charge in [0, 0.05) is 48.2 Å². The molecule has 0 saturated carbocycles. The molecular formula is C30H28ClN3O7S. The van der Waals surface area contributed by atoms with Gasteiger partial charge in [0.1, 0.15) is 27.9 Å². The van der Waals surface area contributed by atoms with E-state index in [0.717, 1.165) is 9.46 Å². The highest BCUT2D eigenvalue weighted by Crippen LogP contribution is 2.56. The second kappa shape index (κ2) is 9.81. The normalized spacial score (nSPS) is 22.4. The summed E-state index contributed by atoms with van der Waals surface area (Å²) in [5.41, 5.74) is -1.27. The third-order valence-corrected chi connectivity index (χ3v) is 9.63. The Balaban J connectivity index is 1.61. The van der Waals surface area contributed by atoms with E-state index < -0.39 is 40.3 Å². The third-order valence-electron chi connectivity index (χ3n) is 8.53. The summed E-state index contributed by atoms with van der Waals surface area (Å²) in [4.78, 5) is 56.8. The number of ether oxygens (including phenoxy) is 3. The van der Waals surface area contributed by atoms with Gasteiger partial charge in [-0.15, -0.1) is 11.8 Å². The Morgan fingerprint density at radius 3 is 2.31 bits per heavy atom. The maximum atomic E-state index is 14.9. The maximum absolute atomic E-state index is 14.9. The molecule has 12 heteroatoms. The van der Waals surface area contributed by atoms with Crippen LogP contribution in [0.25, 0.3) is 0 Å². The summed E-state index contributed by atoms with van der Waals surface area (Å²) < 4.78 is 19.6. The van der Waals surface area contributed by atoms with Gasteiger partial charge in [0.25, 0.3) is 5.56 Å². The second-order valence-electron chi connectivity index (χ2n) is 10.6. The molecular weight excluding hydrogens is 582 g/mol. The van der Waals surface area contributed by atoms with E-state index >= 15 is 0 Å². The minimum absolute atomic E-state index is 0.0190. The van der Waals surface area contributed by atoms with E-state index in [4.69, 9.17) is 25.8 Å². The average Bonchev–Trinajstić information content (AvgIpc) is 3.31. The molecule has 0 radical (unpaired) electrons. The smallest absolute Gasteiger partial charge is 0.332 e. The molecule has 3 aromatic rings. The number of nitrogens with one attached hydrogen (secondary N) is 1. The minimum atomic E-state index is -1.95. The number of rotatable bonds is 4. The molecule has 42 heavy (non-hydrogen) atoms. The van der Waals surface area contributed by atoms with Crippen LogP contribution in [0.2, 0.25) is 5.02 Å². The number of Topliss-reactive ketones (excluding diaryl/α,β-unsaturated/α-hetero) is 2. The summed E-state index contributed by atoms with van der Waals surface area (Å²) in [5, 5.41) is 3.27. The van der Waals surface area contributed by atoms with Crippen molar-refractivity contribution < 1.29 is 23.8 Å². The highest BCUT2D eigenvalue weighted by atomic mass is 35.5. The van der Waals surface area contributed by atoms with Crippen molar-refractivity contribution in [3.05, 3.63) is 84.2 Å². The van der Waals surface area contributed by atoms with Gasteiger partial charge in [-0.3, -0.25) is 23.5 Å². The lowest BCUT2D eigenvalue weighted by Crippen LogP contribution is -2.58. The Kier molecular flexibility index (Phi) is 6.58. The van der Waals surface area contributed by atoms with Crippen LogP contribution in [0.15, 0.2) is 56.1 Å². The number of allylic oxidation sites excluding steroid dienone is 1. The van der Waals surface area contributed by atoms with E-state index in [0.29, 0.717) is 17.1 Å². The number of hydrogen-bond donors (Lipinski definition) is 1. The molecule has 3 heterocycles. The molecule has 0 saturated heterocycles. The summed E-state index contributed by atoms with van der Waals surface area (Å²) in [7, 11) is 5.81. The maximum Gasteiger partial charge on any atom is 0.332 e. The van der Waals surface area contributed by atoms with Crippen LogP contribution in [0.5, 0.6) is 17.2 Å². The van der Waals surface area contributed by atoms with Crippen LogP contribution in [0, 0.1) is 5.92 Å². The predicted octanol–water partition coefficient (Wildman–Crippen LogP) is 3.91. The fraction of sp³-hybridized carbons (Fsp3) is 0.333. The number of aromatic nitrogens is 2. The topological polar surface area (TPSA) is 118 Å². The van der Waals surface area contributed by atoms with Crippen molar-refractivity contribution in [2.75, 3.05) is 25.8 Å². The zero-order chi connectivity index (χ0) is 30.2. The Labute approximate surface area is 250 Å². The monoisotopic (exact) mass is 609 g/mol. The second-order valence-corrected chi connectivity index (χ2v) is 11.8. The zero-order valence-electron chi connectivity index (χ0n) is 23.8. The van der Waals surface area contributed by atoms with Gasteiger partial charge in [-0.2, -0.15) is 0 Å². The molecule has 1 N–H and O–H groups in total. The molecule has 0 fully saturated rings. The molecule has 10 nitrogen and oxygen atoms in total. The van der Waals surface area contributed by atoms with Gasteiger partial charge in [-0.1, -0.05) is 30.7 Å². The van der Waals surface area contributed by atoms with Crippen molar-refractivity contribution in [3.8, 4) is 17.2 Å². The molecule has 1 aromatic heterocycles. The van der Waals surface area contributed by atoms with Crippen molar-refractivity contribution >= 4 is 40.7 Å². The Bertz CT molecular complexity index is 1860. The van der Waals surface area contributed by atoms with Crippen LogP contribution >= 0.6 is 23.4 Å². The Morgan fingerprint density at radius 1 is 1.02 bits per heavy atom. The van der Waals surface area contributed by atoms with E-state index in [2.05, 4.69) is 5.32 Å². The number of methoxy groups -OCH3 is 2. The van der Waals surface area contributed by atoms with Crippen LogP contribution in [-0.2, 0) is 18.9 Å². The first-order valence-electron chi connectivity index (χ1n) is 13.2. The number of carbonyl (C=O) groups excluding carboxylic acids is 2. The number of benzene rings is 2. The molecule has 0 amide bonds. The number of thioether (sulfide) groups is 1. The van der Waals surface area contributed by atoms with E-state index in [9.17, 15) is 19.2 Å². The molecule has 2 aliphatic heterocycles. The lowest BCUT2D eigenvalue weighted by Gasteiger charge is -2.42. The van der Waals surface area contributed by atoms with Gasteiger partial charge in [-0.25, -0.2) is 4.79 Å². The van der Waals surface area contributed by atoms with Gasteiger partial charge in [0.05, 0.1) is 19.8 Å². The average molecular weight is 610 g/mol. The minimum Gasteiger partial charge on any atom is -0.496 e. The van der Waals surface area contributed by atoms with Crippen molar-refractivity contribution in [1.82, 2.24) is 9.13 Å². The molecule has 3 aliphatic rings. The van der Waals surface area contributed by atoms with Crippen molar-refractivity contribution in [1.29, 1.82) is 0 Å². The van der Waals surface area contributed by atoms with E-state index in [-0.39, 0.29) is 45.4 Å². The lowest BCUT2D eigenvalue weighted by atomic mass is 9.66. The number of anilines is 1.